The Hall–Kier alpha value is -1.12. The molecule has 1 aromatic rings. The van der Waals surface area contributed by atoms with Crippen molar-refractivity contribution in [3.8, 4) is 0 Å². The Morgan fingerprint density at radius 1 is 0.947 bits per heavy atom. The summed E-state index contributed by atoms with van der Waals surface area (Å²) in [6.45, 7) is 0.943. The summed E-state index contributed by atoms with van der Waals surface area (Å²) in [6, 6.07) is 0. The lowest BCUT2D eigenvalue weighted by Gasteiger charge is -2.16. The molecule has 0 aliphatic carbocycles. The highest BCUT2D eigenvalue weighted by molar-refractivity contribution is 5.06. The summed E-state index contributed by atoms with van der Waals surface area (Å²) in [7, 11) is 0. The van der Waals surface area contributed by atoms with Crippen molar-refractivity contribution in [1.82, 2.24) is 9.97 Å². The van der Waals surface area contributed by atoms with Gasteiger partial charge in [-0.1, -0.05) is 0 Å². The highest BCUT2D eigenvalue weighted by Gasteiger charge is 2.17. The molecule has 0 amide bonds. The molecule has 0 saturated carbocycles. The maximum absolute atomic E-state index is 9.56. The van der Waals surface area contributed by atoms with Gasteiger partial charge in [-0.15, -0.1) is 0 Å². The second-order valence-electron chi connectivity index (χ2n) is 4.54. The maximum Gasteiger partial charge on any atom is 0.103 e. The molecule has 4 atom stereocenters. The Labute approximate surface area is 111 Å². The van der Waals surface area contributed by atoms with Gasteiger partial charge in [0.05, 0.1) is 36.3 Å². The summed E-state index contributed by atoms with van der Waals surface area (Å²) < 4.78 is 0. The molecule has 0 bridgehead atoms. The van der Waals surface area contributed by atoms with Crippen LogP contribution >= 0.6 is 0 Å². The SMILES string of the molecule is CC(O)C(O)Cc1cncc(CC(O)C(O)CO)n1. The minimum Gasteiger partial charge on any atom is -0.394 e. The van der Waals surface area contributed by atoms with Gasteiger partial charge in [-0.25, -0.2) is 0 Å². The van der Waals surface area contributed by atoms with E-state index < -0.39 is 31.0 Å². The minimum absolute atomic E-state index is 0.0489. The van der Waals surface area contributed by atoms with Gasteiger partial charge in [-0.05, 0) is 6.92 Å². The van der Waals surface area contributed by atoms with Crippen LogP contribution in [0, 0.1) is 0 Å². The molecule has 5 N–H and O–H groups in total. The lowest BCUT2D eigenvalue weighted by atomic mass is 10.1. The van der Waals surface area contributed by atoms with E-state index in [2.05, 4.69) is 9.97 Å². The second kappa shape index (κ2) is 7.46. The van der Waals surface area contributed by atoms with Crippen LogP contribution in [0.4, 0.5) is 0 Å². The van der Waals surface area contributed by atoms with Gasteiger partial charge in [0.1, 0.15) is 6.10 Å². The molecule has 0 aromatic carbocycles. The zero-order valence-corrected chi connectivity index (χ0v) is 10.7. The number of aliphatic hydroxyl groups is 5. The molecule has 7 heteroatoms. The van der Waals surface area contributed by atoms with Gasteiger partial charge in [0.25, 0.3) is 0 Å². The van der Waals surface area contributed by atoms with E-state index in [9.17, 15) is 20.4 Å². The van der Waals surface area contributed by atoms with E-state index in [0.717, 1.165) is 0 Å². The fourth-order valence-corrected chi connectivity index (χ4v) is 1.51. The fourth-order valence-electron chi connectivity index (χ4n) is 1.51. The van der Waals surface area contributed by atoms with Crippen molar-refractivity contribution >= 4 is 0 Å². The number of hydrogen-bond acceptors (Lipinski definition) is 7. The number of nitrogens with zero attached hydrogens (tertiary/aromatic N) is 2. The van der Waals surface area contributed by atoms with Gasteiger partial charge in [0.15, 0.2) is 0 Å². The van der Waals surface area contributed by atoms with Crippen molar-refractivity contribution in [2.24, 2.45) is 0 Å². The number of hydrogen-bond donors (Lipinski definition) is 5. The predicted octanol–water partition coefficient (Wildman–Crippen LogP) is -1.98. The van der Waals surface area contributed by atoms with E-state index >= 15 is 0 Å². The van der Waals surface area contributed by atoms with Crippen molar-refractivity contribution in [2.45, 2.75) is 44.2 Å². The quantitative estimate of drug-likeness (QED) is 0.389. The van der Waals surface area contributed by atoms with E-state index in [1.807, 2.05) is 0 Å². The van der Waals surface area contributed by atoms with Gasteiger partial charge in [0.2, 0.25) is 0 Å². The van der Waals surface area contributed by atoms with E-state index in [4.69, 9.17) is 5.11 Å². The molecular formula is C12H20N2O5. The topological polar surface area (TPSA) is 127 Å². The monoisotopic (exact) mass is 272 g/mol. The highest BCUT2D eigenvalue weighted by atomic mass is 16.4. The first-order valence-electron chi connectivity index (χ1n) is 6.07. The molecule has 7 nitrogen and oxygen atoms in total. The Balaban J connectivity index is 2.66. The number of aliphatic hydroxyl groups excluding tert-OH is 5. The normalized spacial score (nSPS) is 17.8. The van der Waals surface area contributed by atoms with Crippen LogP contribution < -0.4 is 0 Å². The summed E-state index contributed by atoms with van der Waals surface area (Å²) in [5.41, 5.74) is 0.923. The molecule has 0 fully saturated rings. The highest BCUT2D eigenvalue weighted by Crippen LogP contribution is 2.07. The lowest BCUT2D eigenvalue weighted by molar-refractivity contribution is -0.0137. The molecular weight excluding hydrogens is 252 g/mol. The van der Waals surface area contributed by atoms with Crippen molar-refractivity contribution in [1.29, 1.82) is 0 Å². The van der Waals surface area contributed by atoms with Crippen LogP contribution in [0.5, 0.6) is 0 Å². The van der Waals surface area contributed by atoms with E-state index in [-0.39, 0.29) is 12.8 Å². The van der Waals surface area contributed by atoms with Crippen LogP contribution in [0.25, 0.3) is 0 Å². The molecule has 0 spiro atoms. The predicted molar refractivity (Wildman–Crippen MR) is 66.2 cm³/mol. The summed E-state index contributed by atoms with van der Waals surface area (Å²) in [5, 5.41) is 46.3. The average molecular weight is 272 g/mol. The third-order valence-electron chi connectivity index (χ3n) is 2.76. The van der Waals surface area contributed by atoms with Crippen LogP contribution in [0.2, 0.25) is 0 Å². The van der Waals surface area contributed by atoms with E-state index in [0.29, 0.717) is 11.4 Å². The fraction of sp³-hybridized carbons (Fsp3) is 0.667. The third kappa shape index (κ3) is 5.17. The summed E-state index contributed by atoms with van der Waals surface area (Å²) in [5.74, 6) is 0. The van der Waals surface area contributed by atoms with Crippen molar-refractivity contribution < 1.29 is 25.5 Å². The van der Waals surface area contributed by atoms with Crippen LogP contribution in [0.3, 0.4) is 0 Å². The smallest absolute Gasteiger partial charge is 0.103 e. The first-order valence-corrected chi connectivity index (χ1v) is 6.07. The minimum atomic E-state index is -1.23. The molecule has 0 aliphatic rings. The molecule has 1 aromatic heterocycles. The van der Waals surface area contributed by atoms with Gasteiger partial charge in [-0.3, -0.25) is 9.97 Å². The van der Waals surface area contributed by atoms with Gasteiger partial charge in [0, 0.05) is 25.2 Å². The maximum atomic E-state index is 9.56. The van der Waals surface area contributed by atoms with Crippen LogP contribution in [-0.2, 0) is 12.8 Å². The van der Waals surface area contributed by atoms with Gasteiger partial charge in [-0.2, -0.15) is 0 Å². The largest absolute Gasteiger partial charge is 0.394 e. The van der Waals surface area contributed by atoms with Crippen molar-refractivity contribution in [3.63, 3.8) is 0 Å². The van der Waals surface area contributed by atoms with Crippen LogP contribution in [-0.4, -0.2) is 66.5 Å². The van der Waals surface area contributed by atoms with Gasteiger partial charge < -0.3 is 25.5 Å². The number of aromatic nitrogens is 2. The molecule has 0 radical (unpaired) electrons. The van der Waals surface area contributed by atoms with E-state index in [1.54, 1.807) is 0 Å². The number of rotatable bonds is 7. The molecule has 19 heavy (non-hydrogen) atoms. The summed E-state index contributed by atoms with van der Waals surface area (Å²) in [4.78, 5) is 8.09. The molecule has 0 aliphatic heterocycles. The summed E-state index contributed by atoms with van der Waals surface area (Å²) in [6.07, 6.45) is -1.06. The second-order valence-corrected chi connectivity index (χ2v) is 4.54. The molecule has 0 saturated heterocycles. The summed E-state index contributed by atoms with van der Waals surface area (Å²) >= 11 is 0. The lowest BCUT2D eigenvalue weighted by Crippen LogP contribution is -2.31. The zero-order valence-electron chi connectivity index (χ0n) is 10.7. The van der Waals surface area contributed by atoms with Crippen molar-refractivity contribution in [3.05, 3.63) is 23.8 Å². The van der Waals surface area contributed by atoms with Crippen LogP contribution in [0.15, 0.2) is 12.4 Å². The zero-order chi connectivity index (χ0) is 14.4. The Bertz CT molecular complexity index is 388. The first kappa shape index (κ1) is 15.9. The molecule has 1 heterocycles. The average Bonchev–Trinajstić information content (AvgIpc) is 2.37. The standard InChI is InChI=1S/C12H20N2O5/c1-7(16)10(17)2-8-4-13-5-9(14-8)3-11(18)12(19)6-15/h4-5,7,10-12,15-19H,2-3,6H2,1H3. The van der Waals surface area contributed by atoms with Crippen molar-refractivity contribution in [2.75, 3.05) is 6.61 Å². The Kier molecular flexibility index (Phi) is 6.26. The Morgan fingerprint density at radius 2 is 1.47 bits per heavy atom. The molecule has 108 valence electrons. The molecule has 4 unspecified atom stereocenters. The third-order valence-corrected chi connectivity index (χ3v) is 2.76. The van der Waals surface area contributed by atoms with Gasteiger partial charge >= 0.3 is 0 Å². The van der Waals surface area contributed by atoms with Crippen LogP contribution in [0.1, 0.15) is 18.3 Å². The Morgan fingerprint density at radius 3 is 1.95 bits per heavy atom. The molecule has 1 rings (SSSR count). The van der Waals surface area contributed by atoms with E-state index in [1.165, 1.54) is 19.3 Å². The first-order chi connectivity index (χ1) is 8.93.